The molecule has 2 aromatic carbocycles. The second-order valence-corrected chi connectivity index (χ2v) is 7.93. The van der Waals surface area contributed by atoms with Crippen molar-refractivity contribution in [3.05, 3.63) is 89.5 Å². The Kier molecular flexibility index (Phi) is 7.09. The number of amides is 3. The number of aromatic nitrogens is 1. The summed E-state index contributed by atoms with van der Waals surface area (Å²) in [4.78, 5) is 34.8. The molecule has 3 aromatic rings. The van der Waals surface area contributed by atoms with E-state index in [1.54, 1.807) is 24.5 Å². The molecule has 0 radical (unpaired) electrons. The molecule has 10 heteroatoms. The number of halogens is 3. The molecule has 1 aromatic heterocycles. The Morgan fingerprint density at radius 2 is 1.91 bits per heavy atom. The van der Waals surface area contributed by atoms with E-state index in [1.165, 1.54) is 36.3 Å². The van der Waals surface area contributed by atoms with Crippen LogP contribution in [0.1, 0.15) is 17.0 Å². The second kappa shape index (κ2) is 10.4. The van der Waals surface area contributed by atoms with Gasteiger partial charge in [0.1, 0.15) is 23.2 Å². The van der Waals surface area contributed by atoms with Gasteiger partial charge in [-0.25, -0.2) is 23.0 Å². The lowest BCUT2D eigenvalue weighted by Crippen LogP contribution is -2.27. The lowest BCUT2D eigenvalue weighted by Gasteiger charge is -2.17. The molecule has 180 valence electrons. The van der Waals surface area contributed by atoms with Gasteiger partial charge in [-0.2, -0.15) is 0 Å². The van der Waals surface area contributed by atoms with Crippen molar-refractivity contribution in [1.82, 2.24) is 9.88 Å². The van der Waals surface area contributed by atoms with E-state index in [0.717, 1.165) is 23.9 Å². The molecule has 7 nitrogen and oxygen atoms in total. The minimum absolute atomic E-state index is 0.00387. The number of benzene rings is 2. The third kappa shape index (κ3) is 5.48. The molecular formula is C25H21F3N4O3. The number of carbonyl (C=O) groups is 2. The van der Waals surface area contributed by atoms with Gasteiger partial charge in [0.25, 0.3) is 0 Å². The van der Waals surface area contributed by atoms with Gasteiger partial charge in [-0.05, 0) is 35.9 Å². The Bertz CT molecular complexity index is 1230. The van der Waals surface area contributed by atoms with E-state index in [-0.39, 0.29) is 24.4 Å². The molecule has 1 unspecified atom stereocenters. The van der Waals surface area contributed by atoms with E-state index in [9.17, 15) is 22.8 Å². The minimum atomic E-state index is -1.09. The number of hydrogen-bond donors (Lipinski definition) is 1. The van der Waals surface area contributed by atoms with Gasteiger partial charge in [0.15, 0.2) is 0 Å². The summed E-state index contributed by atoms with van der Waals surface area (Å²) < 4.78 is 47.8. The first-order valence-corrected chi connectivity index (χ1v) is 10.7. The molecule has 1 saturated heterocycles. The highest BCUT2D eigenvalue weighted by atomic mass is 19.1. The van der Waals surface area contributed by atoms with Gasteiger partial charge in [-0.1, -0.05) is 6.07 Å². The fraction of sp³-hybridized carbons (Fsp3) is 0.200. The van der Waals surface area contributed by atoms with Crippen LogP contribution in [0.15, 0.2) is 65.9 Å². The molecule has 1 aliphatic rings. The van der Waals surface area contributed by atoms with Crippen LogP contribution in [0.4, 0.5) is 23.7 Å². The number of pyridine rings is 1. The van der Waals surface area contributed by atoms with Crippen LogP contribution in [0.2, 0.25) is 0 Å². The predicted molar refractivity (Wildman–Crippen MR) is 123 cm³/mol. The smallest absolute Gasteiger partial charge is 0.345 e. The summed E-state index contributed by atoms with van der Waals surface area (Å²) in [6.45, 7) is 0.179. The van der Waals surface area contributed by atoms with Gasteiger partial charge in [0, 0.05) is 61.0 Å². The monoisotopic (exact) mass is 482 g/mol. The van der Waals surface area contributed by atoms with Crippen LogP contribution < -0.4 is 10.1 Å². The summed E-state index contributed by atoms with van der Waals surface area (Å²) in [6, 6.07) is 9.81. The number of nitrogens with one attached hydrogen (secondary N) is 1. The van der Waals surface area contributed by atoms with Gasteiger partial charge >= 0.3 is 6.03 Å². The molecule has 35 heavy (non-hydrogen) atoms. The van der Waals surface area contributed by atoms with Crippen molar-refractivity contribution in [2.75, 3.05) is 19.0 Å². The molecule has 2 atom stereocenters. The maximum absolute atomic E-state index is 14.9. The molecule has 4 rings (SSSR count). The zero-order valence-electron chi connectivity index (χ0n) is 18.6. The van der Waals surface area contributed by atoms with Crippen LogP contribution in [-0.2, 0) is 11.3 Å². The first-order valence-electron chi connectivity index (χ1n) is 10.7. The third-order valence-electron chi connectivity index (χ3n) is 5.65. The molecule has 3 amide bonds. The summed E-state index contributed by atoms with van der Waals surface area (Å²) in [6.07, 6.45) is 4.28. The van der Waals surface area contributed by atoms with Gasteiger partial charge in [-0.3, -0.25) is 9.78 Å². The zero-order chi connectivity index (χ0) is 24.9. The number of likely N-dealkylation sites (tertiary alicyclic amines) is 1. The van der Waals surface area contributed by atoms with Crippen molar-refractivity contribution in [3.63, 3.8) is 0 Å². The molecule has 1 fully saturated rings. The quantitative estimate of drug-likeness (QED) is 0.523. The number of methoxy groups -OCH3 is 1. The van der Waals surface area contributed by atoms with E-state index in [0.29, 0.717) is 5.69 Å². The summed E-state index contributed by atoms with van der Waals surface area (Å²) in [5.74, 6) is -4.66. The van der Waals surface area contributed by atoms with Crippen LogP contribution in [0.5, 0.6) is 5.75 Å². The first kappa shape index (κ1) is 23.9. The molecule has 2 heterocycles. The topological polar surface area (TPSA) is 83.9 Å². The number of anilines is 1. The zero-order valence-corrected chi connectivity index (χ0v) is 18.6. The molecule has 0 bridgehead atoms. The maximum atomic E-state index is 14.9. The summed E-state index contributed by atoms with van der Waals surface area (Å²) in [5, 5.41) is 2.45. The van der Waals surface area contributed by atoms with Gasteiger partial charge in [0.05, 0.1) is 13.0 Å². The normalized spacial score (nSPS) is 17.7. The number of carbonyl (C=O) groups excluding carboxylic acids is 2. The van der Waals surface area contributed by atoms with Crippen molar-refractivity contribution < 1.29 is 27.5 Å². The van der Waals surface area contributed by atoms with Crippen LogP contribution in [0, 0.1) is 23.4 Å². The number of nitrogens with zero attached hydrogens (tertiary/aromatic N) is 3. The Labute approximate surface area is 199 Å². The van der Waals surface area contributed by atoms with Crippen molar-refractivity contribution in [2.45, 2.75) is 12.5 Å². The summed E-state index contributed by atoms with van der Waals surface area (Å²) in [5.41, 5.74) is 0.749. The van der Waals surface area contributed by atoms with Crippen LogP contribution in [0.25, 0.3) is 0 Å². The first-order chi connectivity index (χ1) is 16.9. The van der Waals surface area contributed by atoms with Crippen molar-refractivity contribution in [3.8, 4) is 5.75 Å². The van der Waals surface area contributed by atoms with E-state index in [4.69, 9.17) is 4.74 Å². The van der Waals surface area contributed by atoms with Gasteiger partial charge in [-0.15, -0.1) is 0 Å². The second-order valence-electron chi connectivity index (χ2n) is 7.93. The lowest BCUT2D eigenvalue weighted by atomic mass is 9.88. The Morgan fingerprint density at radius 3 is 2.54 bits per heavy atom. The Morgan fingerprint density at radius 1 is 1.20 bits per heavy atom. The minimum Gasteiger partial charge on any atom is -0.497 e. The maximum Gasteiger partial charge on any atom is 0.345 e. The number of urea groups is 1. The molecule has 0 saturated carbocycles. The Hall–Kier alpha value is -4.21. The van der Waals surface area contributed by atoms with Crippen LogP contribution in [-0.4, -0.2) is 41.7 Å². The predicted octanol–water partition coefficient (Wildman–Crippen LogP) is 4.55. The third-order valence-corrected chi connectivity index (χ3v) is 5.65. The molecular weight excluding hydrogens is 461 g/mol. The lowest BCUT2D eigenvalue weighted by molar-refractivity contribution is -0.129. The average Bonchev–Trinajstić information content (AvgIpc) is 3.13. The fourth-order valence-electron chi connectivity index (χ4n) is 3.99. The number of rotatable bonds is 6. The van der Waals surface area contributed by atoms with E-state index in [1.807, 2.05) is 0 Å². The SMILES string of the molecule is COc1cc(F)c([C@@H]2CN(Cc3cccnc3)C(=O)C2C=NC(=O)Nc2ccc(F)cc2)c(F)c1. The van der Waals surface area contributed by atoms with Crippen molar-refractivity contribution in [1.29, 1.82) is 0 Å². The number of aliphatic imine (C=N–C) groups is 1. The number of hydrogen-bond acceptors (Lipinski definition) is 4. The van der Waals surface area contributed by atoms with Crippen molar-refractivity contribution >= 4 is 23.8 Å². The standard InChI is InChI=1S/C25H21F3N4O3/c1-35-18-9-21(27)23(22(28)10-18)20-14-32(13-15-3-2-8-29-11-15)24(33)19(20)12-30-25(34)31-17-6-4-16(26)5-7-17/h2-12,19-20H,13-14H2,1H3,(H,31,34)/t19?,20-/m1/s1. The van der Waals surface area contributed by atoms with Crippen LogP contribution in [0.3, 0.4) is 0 Å². The van der Waals surface area contributed by atoms with Gasteiger partial charge in [0.2, 0.25) is 5.91 Å². The highest BCUT2D eigenvalue weighted by Gasteiger charge is 2.43. The van der Waals surface area contributed by atoms with Crippen LogP contribution >= 0.6 is 0 Å². The summed E-state index contributed by atoms with van der Waals surface area (Å²) >= 11 is 0. The summed E-state index contributed by atoms with van der Waals surface area (Å²) in [7, 11) is 1.29. The molecule has 0 spiro atoms. The largest absolute Gasteiger partial charge is 0.497 e. The highest BCUT2D eigenvalue weighted by Crippen LogP contribution is 2.37. The average molecular weight is 482 g/mol. The van der Waals surface area contributed by atoms with E-state index >= 15 is 0 Å². The highest BCUT2D eigenvalue weighted by molar-refractivity contribution is 6.02. The van der Waals surface area contributed by atoms with Crippen molar-refractivity contribution in [2.24, 2.45) is 10.9 Å². The van der Waals surface area contributed by atoms with E-state index in [2.05, 4.69) is 15.3 Å². The molecule has 0 aliphatic carbocycles. The molecule has 1 aliphatic heterocycles. The Balaban J connectivity index is 1.61. The molecule has 1 N–H and O–H groups in total. The fourth-order valence-corrected chi connectivity index (χ4v) is 3.99. The number of ether oxygens (including phenoxy) is 1. The van der Waals surface area contributed by atoms with Gasteiger partial charge < -0.3 is 15.0 Å². The van der Waals surface area contributed by atoms with E-state index < -0.39 is 41.2 Å².